The van der Waals surface area contributed by atoms with E-state index >= 15 is 0 Å². The van der Waals surface area contributed by atoms with Gasteiger partial charge < -0.3 is 0 Å². The molecule has 114 valence electrons. The number of hydrogen-bond acceptors (Lipinski definition) is 1. The molecule has 1 heteroatoms. The fraction of sp³-hybridized carbons (Fsp3) is 0.0909. The maximum absolute atomic E-state index is 4.18. The van der Waals surface area contributed by atoms with Crippen LogP contribution in [0.5, 0.6) is 0 Å². The summed E-state index contributed by atoms with van der Waals surface area (Å²) < 4.78 is -0.282. The number of hydrogen-bond donors (Lipinski definition) is 0. The van der Waals surface area contributed by atoms with Crippen molar-refractivity contribution in [2.45, 2.75) is 11.7 Å². The van der Waals surface area contributed by atoms with Gasteiger partial charge in [-0.05, 0) is 28.5 Å². The smallest absolute Gasteiger partial charge is 0.0950 e. The monoisotopic (exact) mass is 316 g/mol. The molecule has 0 amide bonds. The summed E-state index contributed by atoms with van der Waals surface area (Å²) in [5, 5.41) is 0. The van der Waals surface area contributed by atoms with Crippen molar-refractivity contribution in [3.05, 3.63) is 119 Å². The van der Waals surface area contributed by atoms with Crippen molar-refractivity contribution in [3.8, 4) is 0 Å². The van der Waals surface area contributed by atoms with Gasteiger partial charge in [-0.2, -0.15) is 0 Å². The summed E-state index contributed by atoms with van der Waals surface area (Å²) in [7, 11) is 0. The Bertz CT molecular complexity index is 664. The number of allylic oxidation sites excluding steroid dienone is 1. The highest BCUT2D eigenvalue weighted by molar-refractivity contribution is 8.04. The molecule has 0 saturated carbocycles. The highest BCUT2D eigenvalue weighted by Crippen LogP contribution is 2.50. The average molecular weight is 316 g/mol. The van der Waals surface area contributed by atoms with Crippen LogP contribution in [-0.4, -0.2) is 0 Å². The van der Waals surface area contributed by atoms with Gasteiger partial charge in [0.15, 0.2) is 0 Å². The second-order valence-corrected chi connectivity index (χ2v) is 7.10. The van der Waals surface area contributed by atoms with E-state index < -0.39 is 0 Å². The predicted molar refractivity (Wildman–Crippen MR) is 102 cm³/mol. The summed E-state index contributed by atoms with van der Waals surface area (Å²) in [4.78, 5) is 1.10. The van der Waals surface area contributed by atoms with E-state index in [1.54, 1.807) is 0 Å². The first-order valence-corrected chi connectivity index (χ1v) is 8.56. The first-order chi connectivity index (χ1) is 11.2. The van der Waals surface area contributed by atoms with Crippen LogP contribution in [0.3, 0.4) is 0 Å². The highest BCUT2D eigenvalue weighted by atomic mass is 32.2. The van der Waals surface area contributed by atoms with Crippen LogP contribution in [0.25, 0.3) is 0 Å². The Balaban J connectivity index is 2.32. The van der Waals surface area contributed by atoms with Crippen molar-refractivity contribution in [2.75, 3.05) is 0 Å². The molecule has 23 heavy (non-hydrogen) atoms. The maximum atomic E-state index is 4.18. The van der Waals surface area contributed by atoms with Gasteiger partial charge in [0.1, 0.15) is 0 Å². The molecule has 0 fully saturated rings. The molecule has 0 aromatic heterocycles. The summed E-state index contributed by atoms with van der Waals surface area (Å²) in [5.41, 5.74) is 3.81. The van der Waals surface area contributed by atoms with Gasteiger partial charge in [-0.15, -0.1) is 11.8 Å². The fourth-order valence-corrected chi connectivity index (χ4v) is 4.24. The third-order valence-corrected chi connectivity index (χ3v) is 5.23. The molecule has 0 aliphatic rings. The molecule has 0 bridgehead atoms. The van der Waals surface area contributed by atoms with Crippen LogP contribution in [0.2, 0.25) is 0 Å². The molecule has 3 aromatic carbocycles. The molecule has 0 aliphatic heterocycles. The van der Waals surface area contributed by atoms with Crippen LogP contribution in [0.4, 0.5) is 0 Å². The zero-order chi connectivity index (χ0) is 16.1. The Kier molecular flexibility index (Phi) is 4.68. The zero-order valence-electron chi connectivity index (χ0n) is 13.3. The number of benzene rings is 3. The van der Waals surface area contributed by atoms with Gasteiger partial charge in [0.25, 0.3) is 0 Å². The molecule has 3 aromatic rings. The minimum atomic E-state index is -0.282. The summed E-state index contributed by atoms with van der Waals surface area (Å²) in [5.74, 6) is 0. The molecule has 0 nitrogen and oxygen atoms in total. The molecule has 0 aliphatic carbocycles. The molecule has 3 rings (SSSR count). The lowest BCUT2D eigenvalue weighted by Gasteiger charge is -2.35. The van der Waals surface area contributed by atoms with Gasteiger partial charge in [-0.1, -0.05) is 97.6 Å². The van der Waals surface area contributed by atoms with Crippen LogP contribution in [0, 0.1) is 0 Å². The standard InChI is InChI=1S/C22H20S/c1-18(2)23-22(19-12-6-3-7-13-19,20-14-8-4-9-15-20)21-16-10-5-11-17-21/h3-17H,1H2,2H3. The van der Waals surface area contributed by atoms with Crippen LogP contribution < -0.4 is 0 Å². The quantitative estimate of drug-likeness (QED) is 0.502. The van der Waals surface area contributed by atoms with Crippen molar-refractivity contribution in [2.24, 2.45) is 0 Å². The van der Waals surface area contributed by atoms with Crippen LogP contribution in [-0.2, 0) is 4.75 Å². The van der Waals surface area contributed by atoms with Gasteiger partial charge in [0.2, 0.25) is 0 Å². The second-order valence-electron chi connectivity index (χ2n) is 5.58. The van der Waals surface area contributed by atoms with Gasteiger partial charge >= 0.3 is 0 Å². The Morgan fingerprint density at radius 1 is 0.652 bits per heavy atom. The SMILES string of the molecule is C=C(C)SC(c1ccccc1)(c1ccccc1)c1ccccc1. The fourth-order valence-electron chi connectivity index (χ4n) is 2.96. The Morgan fingerprint density at radius 2 is 0.957 bits per heavy atom. The van der Waals surface area contributed by atoms with Crippen molar-refractivity contribution < 1.29 is 0 Å². The third-order valence-electron chi connectivity index (χ3n) is 3.87. The van der Waals surface area contributed by atoms with E-state index in [9.17, 15) is 0 Å². The van der Waals surface area contributed by atoms with Crippen molar-refractivity contribution in [3.63, 3.8) is 0 Å². The lowest BCUT2D eigenvalue weighted by Crippen LogP contribution is -2.25. The van der Waals surface area contributed by atoms with Crippen LogP contribution in [0.15, 0.2) is 102 Å². The van der Waals surface area contributed by atoms with E-state index in [1.165, 1.54) is 16.7 Å². The van der Waals surface area contributed by atoms with E-state index in [1.807, 2.05) is 11.8 Å². The molecular weight excluding hydrogens is 296 g/mol. The minimum absolute atomic E-state index is 0.282. The van der Waals surface area contributed by atoms with Gasteiger partial charge in [0.05, 0.1) is 4.75 Å². The zero-order valence-corrected chi connectivity index (χ0v) is 14.1. The summed E-state index contributed by atoms with van der Waals surface area (Å²) >= 11 is 1.81. The van der Waals surface area contributed by atoms with E-state index in [0.29, 0.717) is 0 Å². The van der Waals surface area contributed by atoms with Crippen molar-refractivity contribution in [1.29, 1.82) is 0 Å². The Hall–Kier alpha value is -2.25. The molecule has 0 heterocycles. The third kappa shape index (κ3) is 3.11. The molecule has 0 saturated heterocycles. The van der Waals surface area contributed by atoms with E-state index in [2.05, 4.69) is 104 Å². The van der Waals surface area contributed by atoms with Crippen LogP contribution in [0.1, 0.15) is 23.6 Å². The number of thioether (sulfide) groups is 1. The van der Waals surface area contributed by atoms with Gasteiger partial charge in [-0.3, -0.25) is 0 Å². The van der Waals surface area contributed by atoms with Crippen LogP contribution >= 0.6 is 11.8 Å². The maximum Gasteiger partial charge on any atom is 0.0950 e. The lowest BCUT2D eigenvalue weighted by molar-refractivity contribution is 0.898. The van der Waals surface area contributed by atoms with E-state index in [0.717, 1.165) is 4.91 Å². The Labute approximate surface area is 142 Å². The minimum Gasteiger partial charge on any atom is -0.110 e. The van der Waals surface area contributed by atoms with Gasteiger partial charge in [0, 0.05) is 0 Å². The predicted octanol–water partition coefficient (Wildman–Crippen LogP) is 6.25. The molecule has 0 spiro atoms. The molecule has 0 N–H and O–H groups in total. The summed E-state index contributed by atoms with van der Waals surface area (Å²) in [6.07, 6.45) is 0. The molecule has 0 atom stereocenters. The molecule has 0 radical (unpaired) electrons. The first kappa shape index (κ1) is 15.6. The lowest BCUT2D eigenvalue weighted by atomic mass is 9.84. The second kappa shape index (κ2) is 6.89. The molecular formula is C22H20S. The largest absolute Gasteiger partial charge is 0.110 e. The highest BCUT2D eigenvalue weighted by Gasteiger charge is 2.37. The summed E-state index contributed by atoms with van der Waals surface area (Å²) in [6.45, 7) is 6.26. The van der Waals surface area contributed by atoms with Crippen molar-refractivity contribution >= 4 is 11.8 Å². The topological polar surface area (TPSA) is 0 Å². The van der Waals surface area contributed by atoms with Crippen molar-refractivity contribution in [1.82, 2.24) is 0 Å². The normalized spacial score (nSPS) is 11.2. The number of rotatable bonds is 5. The van der Waals surface area contributed by atoms with E-state index in [4.69, 9.17) is 0 Å². The average Bonchev–Trinajstić information content (AvgIpc) is 2.62. The summed E-state index contributed by atoms with van der Waals surface area (Å²) in [6, 6.07) is 32.1. The Morgan fingerprint density at radius 3 is 1.22 bits per heavy atom. The van der Waals surface area contributed by atoms with E-state index in [-0.39, 0.29) is 4.75 Å². The van der Waals surface area contributed by atoms with Gasteiger partial charge in [-0.25, -0.2) is 0 Å². The first-order valence-electron chi connectivity index (χ1n) is 7.74. The molecule has 0 unspecified atom stereocenters.